The zero-order valence-electron chi connectivity index (χ0n) is 10.7. The van der Waals surface area contributed by atoms with Crippen molar-refractivity contribution in [2.75, 3.05) is 6.54 Å². The number of carbonyl (C=O) groups is 1. The SMILES string of the molecule is O=C1C=C(CCc2c(Cl)cc(C(F)(F)F)cc2Cl)NNC1. The molecule has 21 heavy (non-hydrogen) atoms. The van der Waals surface area contributed by atoms with Gasteiger partial charge in [-0.1, -0.05) is 23.2 Å². The Balaban J connectivity index is 2.16. The fourth-order valence-electron chi connectivity index (χ4n) is 1.93. The minimum absolute atomic E-state index is 0.0366. The highest BCUT2D eigenvalue weighted by molar-refractivity contribution is 6.36. The molecule has 1 heterocycles. The molecule has 0 fully saturated rings. The van der Waals surface area contributed by atoms with Gasteiger partial charge in [-0.25, -0.2) is 5.43 Å². The van der Waals surface area contributed by atoms with Gasteiger partial charge in [0.2, 0.25) is 0 Å². The molecule has 0 radical (unpaired) electrons. The molecule has 3 nitrogen and oxygen atoms in total. The van der Waals surface area contributed by atoms with Crippen molar-refractivity contribution in [1.29, 1.82) is 0 Å². The number of hydrogen-bond donors (Lipinski definition) is 2. The van der Waals surface area contributed by atoms with Crippen molar-refractivity contribution >= 4 is 29.0 Å². The Bertz CT molecular complexity index is 577. The van der Waals surface area contributed by atoms with Gasteiger partial charge in [-0.2, -0.15) is 13.2 Å². The van der Waals surface area contributed by atoms with E-state index in [1.807, 2.05) is 0 Å². The Morgan fingerprint density at radius 3 is 2.29 bits per heavy atom. The summed E-state index contributed by atoms with van der Waals surface area (Å²) in [5.74, 6) is -0.0756. The lowest BCUT2D eigenvalue weighted by atomic mass is 10.0. The van der Waals surface area contributed by atoms with E-state index in [-0.39, 0.29) is 22.4 Å². The summed E-state index contributed by atoms with van der Waals surface area (Å²) in [6, 6.07) is 1.71. The van der Waals surface area contributed by atoms with E-state index in [4.69, 9.17) is 23.2 Å². The van der Waals surface area contributed by atoms with E-state index in [0.29, 0.717) is 24.1 Å². The van der Waals surface area contributed by atoms with Gasteiger partial charge >= 0.3 is 6.18 Å². The number of hydrazine groups is 1. The third-order valence-electron chi connectivity index (χ3n) is 2.96. The summed E-state index contributed by atoms with van der Waals surface area (Å²) in [7, 11) is 0. The Morgan fingerprint density at radius 2 is 1.76 bits per heavy atom. The Kier molecular flexibility index (Phi) is 4.81. The molecule has 2 N–H and O–H groups in total. The van der Waals surface area contributed by atoms with Crippen LogP contribution in [0.4, 0.5) is 13.2 Å². The third kappa shape index (κ3) is 4.12. The van der Waals surface area contributed by atoms with Gasteiger partial charge in [-0.15, -0.1) is 0 Å². The highest BCUT2D eigenvalue weighted by atomic mass is 35.5. The lowest BCUT2D eigenvalue weighted by molar-refractivity contribution is -0.137. The Hall–Kier alpha value is -1.24. The zero-order valence-corrected chi connectivity index (χ0v) is 12.2. The second-order valence-electron chi connectivity index (χ2n) is 4.53. The largest absolute Gasteiger partial charge is 0.416 e. The molecule has 0 saturated carbocycles. The van der Waals surface area contributed by atoms with Crippen LogP contribution in [0, 0.1) is 0 Å². The number of alkyl halides is 3. The van der Waals surface area contributed by atoms with Crippen LogP contribution in [0.25, 0.3) is 0 Å². The van der Waals surface area contributed by atoms with Crippen LogP contribution in [0.2, 0.25) is 10.0 Å². The van der Waals surface area contributed by atoms with E-state index in [1.165, 1.54) is 6.08 Å². The van der Waals surface area contributed by atoms with Gasteiger partial charge in [0.1, 0.15) is 0 Å². The van der Waals surface area contributed by atoms with Crippen LogP contribution in [-0.2, 0) is 17.4 Å². The van der Waals surface area contributed by atoms with Crippen LogP contribution >= 0.6 is 23.2 Å². The summed E-state index contributed by atoms with van der Waals surface area (Å²) in [6.45, 7) is 0.200. The van der Waals surface area contributed by atoms with Crippen LogP contribution in [-0.4, -0.2) is 12.3 Å². The molecule has 0 aliphatic carbocycles. The maximum atomic E-state index is 12.6. The molecule has 1 aromatic rings. The minimum Gasteiger partial charge on any atom is -0.325 e. The first-order valence-corrected chi connectivity index (χ1v) is 6.80. The summed E-state index contributed by atoms with van der Waals surface area (Å²) in [4.78, 5) is 11.2. The molecule has 1 aromatic carbocycles. The summed E-state index contributed by atoms with van der Waals surface area (Å²) >= 11 is 11.8. The third-order valence-corrected chi connectivity index (χ3v) is 3.63. The highest BCUT2D eigenvalue weighted by Crippen LogP contribution is 2.36. The van der Waals surface area contributed by atoms with E-state index in [9.17, 15) is 18.0 Å². The monoisotopic (exact) mass is 338 g/mol. The lowest BCUT2D eigenvalue weighted by Crippen LogP contribution is -2.39. The molecule has 114 valence electrons. The van der Waals surface area contributed by atoms with Gasteiger partial charge in [-0.3, -0.25) is 4.79 Å². The van der Waals surface area contributed by atoms with E-state index in [2.05, 4.69) is 10.9 Å². The number of carbonyl (C=O) groups excluding carboxylic acids is 1. The smallest absolute Gasteiger partial charge is 0.325 e. The summed E-state index contributed by atoms with van der Waals surface area (Å²) in [5, 5.41) is -0.0731. The van der Waals surface area contributed by atoms with Crippen LogP contribution in [0.5, 0.6) is 0 Å². The molecule has 1 aliphatic rings. The molecule has 0 saturated heterocycles. The zero-order chi connectivity index (χ0) is 15.6. The lowest BCUT2D eigenvalue weighted by Gasteiger charge is -2.17. The Labute approximate surface area is 129 Å². The first-order chi connectivity index (χ1) is 9.77. The standard InChI is InChI=1S/C13H11Cl2F3N2O/c14-11-3-7(13(16,17)18)4-12(15)10(11)2-1-8-5-9(21)6-19-20-8/h3-5,19-20H,1-2,6H2. The van der Waals surface area contributed by atoms with Crippen molar-refractivity contribution in [3.05, 3.63) is 45.1 Å². The predicted molar refractivity (Wildman–Crippen MR) is 74.0 cm³/mol. The van der Waals surface area contributed by atoms with E-state index >= 15 is 0 Å². The first kappa shape index (κ1) is 16.1. The van der Waals surface area contributed by atoms with Crippen molar-refractivity contribution < 1.29 is 18.0 Å². The summed E-state index contributed by atoms with van der Waals surface area (Å²) in [6.07, 6.45) is -2.31. The molecule has 1 aliphatic heterocycles. The van der Waals surface area contributed by atoms with E-state index < -0.39 is 11.7 Å². The quantitative estimate of drug-likeness (QED) is 0.886. The van der Waals surface area contributed by atoms with Crippen molar-refractivity contribution in [1.82, 2.24) is 10.9 Å². The summed E-state index contributed by atoms with van der Waals surface area (Å²) < 4.78 is 37.9. The highest BCUT2D eigenvalue weighted by Gasteiger charge is 2.31. The number of rotatable bonds is 3. The number of allylic oxidation sites excluding steroid dienone is 1. The molecule has 0 unspecified atom stereocenters. The fraction of sp³-hybridized carbons (Fsp3) is 0.308. The van der Waals surface area contributed by atoms with Crippen molar-refractivity contribution in [3.63, 3.8) is 0 Å². The van der Waals surface area contributed by atoms with Gasteiger partial charge in [-0.05, 0) is 30.5 Å². The van der Waals surface area contributed by atoms with Gasteiger partial charge in [0.15, 0.2) is 5.78 Å². The predicted octanol–water partition coefficient (Wildman–Crippen LogP) is 3.51. The number of nitrogens with one attached hydrogen (secondary N) is 2. The van der Waals surface area contributed by atoms with Crippen LogP contribution in [0.3, 0.4) is 0 Å². The minimum atomic E-state index is -4.49. The molecule has 0 amide bonds. The van der Waals surface area contributed by atoms with Gasteiger partial charge in [0.05, 0.1) is 12.1 Å². The molecule has 0 spiro atoms. The van der Waals surface area contributed by atoms with Crippen LogP contribution in [0.15, 0.2) is 23.9 Å². The second kappa shape index (κ2) is 6.25. The number of hydrogen-bond acceptors (Lipinski definition) is 3. The molecule has 0 aromatic heterocycles. The van der Waals surface area contributed by atoms with Crippen LogP contribution < -0.4 is 10.9 Å². The number of benzene rings is 1. The van der Waals surface area contributed by atoms with Crippen molar-refractivity contribution in [2.45, 2.75) is 19.0 Å². The number of ketones is 1. The molecule has 0 atom stereocenters. The topological polar surface area (TPSA) is 41.1 Å². The Morgan fingerprint density at radius 1 is 1.14 bits per heavy atom. The van der Waals surface area contributed by atoms with Gasteiger partial charge in [0, 0.05) is 21.8 Å². The average Bonchev–Trinajstić information content (AvgIpc) is 2.36. The molecular formula is C13H11Cl2F3N2O. The summed E-state index contributed by atoms with van der Waals surface area (Å²) in [5.41, 5.74) is 5.69. The van der Waals surface area contributed by atoms with Gasteiger partial charge < -0.3 is 5.43 Å². The van der Waals surface area contributed by atoms with E-state index in [0.717, 1.165) is 12.1 Å². The molecule has 2 rings (SSSR count). The molecular weight excluding hydrogens is 328 g/mol. The normalized spacial score (nSPS) is 15.7. The second-order valence-corrected chi connectivity index (χ2v) is 5.35. The van der Waals surface area contributed by atoms with Crippen molar-refractivity contribution in [2.24, 2.45) is 0 Å². The molecule has 8 heteroatoms. The van der Waals surface area contributed by atoms with Crippen LogP contribution in [0.1, 0.15) is 17.5 Å². The first-order valence-electron chi connectivity index (χ1n) is 6.05. The maximum absolute atomic E-state index is 12.6. The number of halogens is 5. The van der Waals surface area contributed by atoms with E-state index in [1.54, 1.807) is 0 Å². The average molecular weight is 339 g/mol. The molecule has 0 bridgehead atoms. The van der Waals surface area contributed by atoms with Crippen molar-refractivity contribution in [3.8, 4) is 0 Å². The fourth-order valence-corrected chi connectivity index (χ4v) is 2.60. The van der Waals surface area contributed by atoms with Gasteiger partial charge in [0.25, 0.3) is 0 Å². The maximum Gasteiger partial charge on any atom is 0.416 e.